The molecule has 0 bridgehead atoms. The van der Waals surface area contributed by atoms with E-state index in [1.165, 1.54) is 23.3 Å². The minimum Gasteiger partial charge on any atom is -0.463 e. The summed E-state index contributed by atoms with van der Waals surface area (Å²) in [5.74, 6) is -0.167. The van der Waals surface area contributed by atoms with Gasteiger partial charge in [0.05, 0.1) is 12.0 Å². The topological polar surface area (TPSA) is 110 Å². The summed E-state index contributed by atoms with van der Waals surface area (Å²) in [6.07, 6.45) is 1.50. The molecule has 0 aliphatic carbocycles. The van der Waals surface area contributed by atoms with E-state index in [0.29, 0.717) is 22.0 Å². The molecule has 146 valence electrons. The number of carbonyl (C=O) groups is 2. The van der Waals surface area contributed by atoms with Crippen LogP contribution in [0.5, 0.6) is 0 Å². The average Bonchev–Trinajstić information content (AvgIpc) is 3.30. The number of amides is 2. The second kappa shape index (κ2) is 7.77. The number of rotatable bonds is 5. The molecule has 3 aromatic rings. The SMILES string of the molecule is Cc1nc(NC(=O)C(C)n2nc(-c3ccco3)ccc2=O)sc1C(=O)N(C)C. The van der Waals surface area contributed by atoms with Gasteiger partial charge in [0.25, 0.3) is 17.4 Å². The summed E-state index contributed by atoms with van der Waals surface area (Å²) in [5.41, 5.74) is 0.548. The Morgan fingerprint density at radius 1 is 1.29 bits per heavy atom. The van der Waals surface area contributed by atoms with Gasteiger partial charge in [-0.25, -0.2) is 9.67 Å². The third-order valence-corrected chi connectivity index (χ3v) is 5.03. The maximum absolute atomic E-state index is 12.6. The Bertz CT molecular complexity index is 1070. The highest BCUT2D eigenvalue weighted by molar-refractivity contribution is 7.17. The lowest BCUT2D eigenvalue weighted by atomic mass is 10.3. The Hall–Kier alpha value is -3.27. The van der Waals surface area contributed by atoms with Crippen LogP contribution < -0.4 is 10.9 Å². The van der Waals surface area contributed by atoms with Crippen molar-refractivity contribution in [3.8, 4) is 11.5 Å². The molecule has 0 aromatic carbocycles. The molecule has 3 rings (SSSR count). The van der Waals surface area contributed by atoms with Gasteiger partial charge in [-0.2, -0.15) is 5.10 Å². The normalized spacial score (nSPS) is 11.9. The lowest BCUT2D eigenvalue weighted by molar-refractivity contribution is -0.119. The van der Waals surface area contributed by atoms with Crippen molar-refractivity contribution < 1.29 is 14.0 Å². The molecule has 0 fully saturated rings. The zero-order valence-corrected chi connectivity index (χ0v) is 16.6. The van der Waals surface area contributed by atoms with E-state index in [0.717, 1.165) is 16.0 Å². The number of aromatic nitrogens is 3. The van der Waals surface area contributed by atoms with Gasteiger partial charge in [0.1, 0.15) is 16.6 Å². The first-order valence-electron chi connectivity index (χ1n) is 8.41. The van der Waals surface area contributed by atoms with Crippen molar-refractivity contribution in [3.05, 3.63) is 51.5 Å². The number of thiazole rings is 1. The quantitative estimate of drug-likeness (QED) is 0.702. The molecule has 28 heavy (non-hydrogen) atoms. The summed E-state index contributed by atoms with van der Waals surface area (Å²) < 4.78 is 6.37. The molecule has 9 nitrogen and oxygen atoms in total. The largest absolute Gasteiger partial charge is 0.463 e. The zero-order valence-electron chi connectivity index (χ0n) is 15.8. The fraction of sp³-hybridized carbons (Fsp3) is 0.278. The van der Waals surface area contributed by atoms with Crippen molar-refractivity contribution in [1.29, 1.82) is 0 Å². The maximum atomic E-state index is 12.6. The van der Waals surface area contributed by atoms with Crippen LogP contribution in [-0.2, 0) is 4.79 Å². The molecule has 0 spiro atoms. The van der Waals surface area contributed by atoms with E-state index in [2.05, 4.69) is 15.4 Å². The van der Waals surface area contributed by atoms with Gasteiger partial charge in [-0.05, 0) is 32.0 Å². The monoisotopic (exact) mass is 401 g/mol. The lowest BCUT2D eigenvalue weighted by Crippen LogP contribution is -2.33. The molecule has 3 heterocycles. The molecule has 1 N–H and O–H groups in total. The first kappa shape index (κ1) is 19.5. The average molecular weight is 401 g/mol. The third-order valence-electron chi connectivity index (χ3n) is 3.97. The van der Waals surface area contributed by atoms with Crippen LogP contribution in [0, 0.1) is 6.92 Å². The van der Waals surface area contributed by atoms with Crippen molar-refractivity contribution in [3.63, 3.8) is 0 Å². The summed E-state index contributed by atoms with van der Waals surface area (Å²) in [4.78, 5) is 43.1. The van der Waals surface area contributed by atoms with Crippen LogP contribution in [0.1, 0.15) is 28.3 Å². The van der Waals surface area contributed by atoms with Gasteiger partial charge in [-0.3, -0.25) is 14.4 Å². The number of aryl methyl sites for hydroxylation is 1. The number of furan rings is 1. The molecule has 0 aliphatic heterocycles. The van der Waals surface area contributed by atoms with E-state index in [4.69, 9.17) is 4.42 Å². The van der Waals surface area contributed by atoms with Crippen LogP contribution in [0.15, 0.2) is 39.7 Å². The molecule has 1 unspecified atom stereocenters. The molecule has 0 aliphatic rings. The second-order valence-corrected chi connectivity index (χ2v) is 7.28. The van der Waals surface area contributed by atoms with Gasteiger partial charge in [0.15, 0.2) is 10.9 Å². The van der Waals surface area contributed by atoms with E-state index in [1.807, 2.05) is 0 Å². The van der Waals surface area contributed by atoms with Gasteiger partial charge in [0.2, 0.25) is 0 Å². The Morgan fingerprint density at radius 3 is 2.68 bits per heavy atom. The molecule has 10 heteroatoms. The fourth-order valence-corrected chi connectivity index (χ4v) is 3.42. The van der Waals surface area contributed by atoms with Crippen LogP contribution in [0.3, 0.4) is 0 Å². The van der Waals surface area contributed by atoms with Gasteiger partial charge < -0.3 is 14.6 Å². The summed E-state index contributed by atoms with van der Waals surface area (Å²) in [5, 5.41) is 7.16. The fourth-order valence-electron chi connectivity index (χ4n) is 2.43. The minimum absolute atomic E-state index is 0.187. The van der Waals surface area contributed by atoms with E-state index >= 15 is 0 Å². The smallest absolute Gasteiger partial charge is 0.267 e. The maximum Gasteiger partial charge on any atom is 0.267 e. The number of nitrogens with zero attached hydrogens (tertiary/aromatic N) is 4. The molecule has 0 radical (unpaired) electrons. The Morgan fingerprint density at radius 2 is 2.04 bits per heavy atom. The highest BCUT2D eigenvalue weighted by Gasteiger charge is 2.22. The van der Waals surface area contributed by atoms with Crippen molar-refractivity contribution in [2.75, 3.05) is 19.4 Å². The van der Waals surface area contributed by atoms with Gasteiger partial charge >= 0.3 is 0 Å². The van der Waals surface area contributed by atoms with E-state index in [9.17, 15) is 14.4 Å². The number of nitrogens with one attached hydrogen (secondary N) is 1. The van der Waals surface area contributed by atoms with E-state index in [-0.39, 0.29) is 11.0 Å². The van der Waals surface area contributed by atoms with Crippen LogP contribution in [0.2, 0.25) is 0 Å². The summed E-state index contributed by atoms with van der Waals surface area (Å²) in [6.45, 7) is 3.26. The molecular formula is C18H19N5O4S. The van der Waals surface area contributed by atoms with E-state index in [1.54, 1.807) is 40.1 Å². The Labute approximate surface area is 164 Å². The van der Waals surface area contributed by atoms with E-state index < -0.39 is 17.5 Å². The zero-order chi connectivity index (χ0) is 20.4. The lowest BCUT2D eigenvalue weighted by Gasteiger charge is -2.13. The minimum atomic E-state index is -0.889. The van der Waals surface area contributed by atoms with Crippen LogP contribution in [-0.4, -0.2) is 45.6 Å². The molecule has 0 saturated carbocycles. The third kappa shape index (κ3) is 3.86. The summed E-state index contributed by atoms with van der Waals surface area (Å²) in [6, 6.07) is 5.39. The Balaban J connectivity index is 1.82. The van der Waals surface area contributed by atoms with Gasteiger partial charge in [-0.15, -0.1) is 0 Å². The first-order chi connectivity index (χ1) is 13.3. The van der Waals surface area contributed by atoms with Crippen molar-refractivity contribution in [1.82, 2.24) is 19.7 Å². The first-order valence-corrected chi connectivity index (χ1v) is 9.23. The summed E-state index contributed by atoms with van der Waals surface area (Å²) in [7, 11) is 3.29. The number of carbonyl (C=O) groups excluding carboxylic acids is 2. The van der Waals surface area contributed by atoms with Gasteiger partial charge in [-0.1, -0.05) is 11.3 Å². The molecule has 2 amide bonds. The molecule has 1 atom stereocenters. The van der Waals surface area contributed by atoms with Crippen LogP contribution >= 0.6 is 11.3 Å². The molecular weight excluding hydrogens is 382 g/mol. The van der Waals surface area contributed by atoms with Crippen molar-refractivity contribution in [2.45, 2.75) is 19.9 Å². The van der Waals surface area contributed by atoms with Crippen LogP contribution in [0.4, 0.5) is 5.13 Å². The second-order valence-electron chi connectivity index (χ2n) is 6.28. The molecule has 3 aromatic heterocycles. The Kier molecular flexibility index (Phi) is 5.41. The molecule has 0 saturated heterocycles. The van der Waals surface area contributed by atoms with Crippen molar-refractivity contribution in [2.24, 2.45) is 0 Å². The predicted octanol–water partition coefficient (Wildman–Crippen LogP) is 2.17. The van der Waals surface area contributed by atoms with Gasteiger partial charge in [0, 0.05) is 20.2 Å². The van der Waals surface area contributed by atoms with Crippen molar-refractivity contribution >= 4 is 28.3 Å². The summed E-state index contributed by atoms with van der Waals surface area (Å²) >= 11 is 1.09. The number of hydrogen-bond donors (Lipinski definition) is 1. The highest BCUT2D eigenvalue weighted by Crippen LogP contribution is 2.24. The standard InChI is InChI=1S/C18H19N5O4S/c1-10-15(17(26)22(3)4)28-18(19-10)20-16(25)11(2)23-14(24)8-7-12(21-23)13-6-5-9-27-13/h5-9,11H,1-4H3,(H,19,20,25). The van der Waals surface area contributed by atoms with Crippen LogP contribution in [0.25, 0.3) is 11.5 Å². The predicted molar refractivity (Wildman–Crippen MR) is 104 cm³/mol. The highest BCUT2D eigenvalue weighted by atomic mass is 32.1. The number of hydrogen-bond acceptors (Lipinski definition) is 7. The number of anilines is 1.